The fourth-order valence-corrected chi connectivity index (χ4v) is 1.75. The van der Waals surface area contributed by atoms with Gasteiger partial charge in [-0.15, -0.1) is 10.2 Å². The van der Waals surface area contributed by atoms with Gasteiger partial charge < -0.3 is 9.79 Å². The van der Waals surface area contributed by atoms with Crippen molar-refractivity contribution >= 4 is 7.60 Å². The number of hydrogen-bond acceptors (Lipinski definition) is 4. The van der Waals surface area contributed by atoms with E-state index >= 15 is 0 Å². The Kier molecular flexibility index (Phi) is 3.69. The highest BCUT2D eigenvalue weighted by atomic mass is 31.2. The highest BCUT2D eigenvalue weighted by Gasteiger charge is 2.16. The van der Waals surface area contributed by atoms with Gasteiger partial charge in [0.2, 0.25) is 0 Å². The van der Waals surface area contributed by atoms with Crippen molar-refractivity contribution in [3.8, 4) is 0 Å². The molecule has 0 aliphatic rings. The molecule has 78 valence electrons. The molecule has 0 aliphatic carbocycles. The molecule has 1 heterocycles. The SMILES string of the molecule is CC(CCP(=O)(O)O)c1ccnnn1. The number of aromatic nitrogens is 3. The largest absolute Gasteiger partial charge is 0.325 e. The Balaban J connectivity index is 2.52. The lowest BCUT2D eigenvalue weighted by atomic mass is 10.1. The van der Waals surface area contributed by atoms with Crippen LogP contribution in [0, 0.1) is 0 Å². The Morgan fingerprint density at radius 1 is 1.57 bits per heavy atom. The normalized spacial score (nSPS) is 13.9. The second-order valence-corrected chi connectivity index (χ2v) is 4.90. The molecule has 0 saturated heterocycles. The predicted molar refractivity (Wildman–Crippen MR) is 49.8 cm³/mol. The van der Waals surface area contributed by atoms with E-state index in [0.29, 0.717) is 12.1 Å². The van der Waals surface area contributed by atoms with Gasteiger partial charge in [-0.1, -0.05) is 6.92 Å². The van der Waals surface area contributed by atoms with E-state index in [0.717, 1.165) is 0 Å². The van der Waals surface area contributed by atoms with E-state index in [1.54, 1.807) is 6.07 Å². The molecule has 2 N–H and O–H groups in total. The second-order valence-electron chi connectivity index (χ2n) is 3.12. The lowest BCUT2D eigenvalue weighted by Crippen LogP contribution is -2.02. The molecule has 0 saturated carbocycles. The molecule has 6 nitrogen and oxygen atoms in total. The van der Waals surface area contributed by atoms with E-state index in [2.05, 4.69) is 15.4 Å². The Morgan fingerprint density at radius 3 is 2.79 bits per heavy atom. The molecular weight excluding hydrogens is 205 g/mol. The summed E-state index contributed by atoms with van der Waals surface area (Å²) in [5.74, 6) is -0.0156. The van der Waals surface area contributed by atoms with Crippen LogP contribution < -0.4 is 0 Å². The smallest absolute Gasteiger partial charge is 0.324 e. The summed E-state index contributed by atoms with van der Waals surface area (Å²) < 4.78 is 10.6. The zero-order valence-electron chi connectivity index (χ0n) is 7.74. The minimum absolute atomic E-state index is 0.0156. The quantitative estimate of drug-likeness (QED) is 0.714. The van der Waals surface area contributed by atoms with E-state index in [4.69, 9.17) is 9.79 Å². The van der Waals surface area contributed by atoms with Gasteiger partial charge in [0, 0.05) is 5.92 Å². The van der Waals surface area contributed by atoms with E-state index in [1.165, 1.54) is 6.20 Å². The summed E-state index contributed by atoms with van der Waals surface area (Å²) in [5, 5.41) is 10.7. The topological polar surface area (TPSA) is 96.2 Å². The molecule has 0 bridgehead atoms. The average Bonchev–Trinajstić information content (AvgIpc) is 2.14. The van der Waals surface area contributed by atoms with Crippen LogP contribution in [0.1, 0.15) is 25.0 Å². The predicted octanol–water partition coefficient (Wildman–Crippen LogP) is 0.543. The van der Waals surface area contributed by atoms with Crippen LogP contribution in [0.25, 0.3) is 0 Å². The monoisotopic (exact) mass is 217 g/mol. The minimum Gasteiger partial charge on any atom is -0.324 e. The first-order valence-electron chi connectivity index (χ1n) is 4.18. The zero-order chi connectivity index (χ0) is 10.6. The first-order valence-corrected chi connectivity index (χ1v) is 5.97. The van der Waals surface area contributed by atoms with Crippen LogP contribution in [0.15, 0.2) is 12.3 Å². The molecule has 0 spiro atoms. The maximum atomic E-state index is 10.6. The second kappa shape index (κ2) is 4.59. The van der Waals surface area contributed by atoms with E-state index < -0.39 is 7.60 Å². The third-order valence-corrected chi connectivity index (χ3v) is 2.72. The molecule has 1 aromatic rings. The van der Waals surface area contributed by atoms with Crippen molar-refractivity contribution in [2.75, 3.05) is 6.16 Å². The molecule has 1 atom stereocenters. The lowest BCUT2D eigenvalue weighted by molar-refractivity contribution is 0.370. The third kappa shape index (κ3) is 3.91. The van der Waals surface area contributed by atoms with Gasteiger partial charge in [-0.2, -0.15) is 0 Å². The number of hydrogen-bond donors (Lipinski definition) is 2. The van der Waals surface area contributed by atoms with Gasteiger partial charge in [0.25, 0.3) is 0 Å². The summed E-state index contributed by atoms with van der Waals surface area (Å²) in [7, 11) is -3.90. The summed E-state index contributed by atoms with van der Waals surface area (Å²) in [5.41, 5.74) is 0.702. The summed E-state index contributed by atoms with van der Waals surface area (Å²) in [4.78, 5) is 17.4. The maximum absolute atomic E-state index is 10.6. The van der Waals surface area contributed by atoms with Crippen LogP contribution in [0.5, 0.6) is 0 Å². The van der Waals surface area contributed by atoms with Crippen molar-refractivity contribution in [1.82, 2.24) is 15.4 Å². The molecule has 7 heteroatoms. The van der Waals surface area contributed by atoms with Crippen LogP contribution in [0.3, 0.4) is 0 Å². The first-order chi connectivity index (χ1) is 6.49. The van der Waals surface area contributed by atoms with E-state index in [1.807, 2.05) is 6.92 Å². The van der Waals surface area contributed by atoms with Crippen molar-refractivity contribution in [3.05, 3.63) is 18.0 Å². The number of nitrogens with zero attached hydrogens (tertiary/aromatic N) is 3. The van der Waals surface area contributed by atoms with Crippen LogP contribution in [-0.2, 0) is 4.57 Å². The van der Waals surface area contributed by atoms with Gasteiger partial charge in [0.1, 0.15) is 0 Å². The van der Waals surface area contributed by atoms with Crippen molar-refractivity contribution in [2.24, 2.45) is 0 Å². The van der Waals surface area contributed by atoms with Crippen molar-refractivity contribution < 1.29 is 14.4 Å². The summed E-state index contributed by atoms with van der Waals surface area (Å²) in [6, 6.07) is 1.69. The molecule has 0 aromatic carbocycles. The van der Waals surface area contributed by atoms with Crippen LogP contribution >= 0.6 is 7.60 Å². The van der Waals surface area contributed by atoms with Gasteiger partial charge in [-0.3, -0.25) is 4.57 Å². The fraction of sp³-hybridized carbons (Fsp3) is 0.571. The van der Waals surface area contributed by atoms with Crippen molar-refractivity contribution in [3.63, 3.8) is 0 Å². The van der Waals surface area contributed by atoms with Gasteiger partial charge >= 0.3 is 7.60 Å². The molecule has 0 fully saturated rings. The Hall–Kier alpha value is -0.840. The van der Waals surface area contributed by atoms with Gasteiger partial charge in [-0.05, 0) is 17.7 Å². The summed E-state index contributed by atoms with van der Waals surface area (Å²) >= 11 is 0. The molecule has 0 amide bonds. The molecular formula is C7H12N3O3P. The average molecular weight is 217 g/mol. The van der Waals surface area contributed by atoms with Gasteiger partial charge in [-0.25, -0.2) is 0 Å². The van der Waals surface area contributed by atoms with Gasteiger partial charge in [0.05, 0.1) is 18.1 Å². The minimum atomic E-state index is -3.90. The van der Waals surface area contributed by atoms with Crippen LogP contribution in [0.2, 0.25) is 0 Å². The Morgan fingerprint density at radius 2 is 2.29 bits per heavy atom. The van der Waals surface area contributed by atoms with Crippen molar-refractivity contribution in [2.45, 2.75) is 19.3 Å². The fourth-order valence-electron chi connectivity index (χ4n) is 1.02. The molecule has 1 aromatic heterocycles. The highest BCUT2D eigenvalue weighted by molar-refractivity contribution is 7.51. The van der Waals surface area contributed by atoms with Gasteiger partial charge in [0.15, 0.2) is 0 Å². The Labute approximate surface area is 81.5 Å². The van der Waals surface area contributed by atoms with Crippen LogP contribution in [-0.4, -0.2) is 31.4 Å². The van der Waals surface area contributed by atoms with Crippen LogP contribution in [0.4, 0.5) is 0 Å². The summed E-state index contributed by atoms with van der Waals surface area (Å²) in [6.07, 6.45) is 1.78. The van der Waals surface area contributed by atoms with E-state index in [9.17, 15) is 4.57 Å². The zero-order valence-corrected chi connectivity index (χ0v) is 8.63. The molecule has 0 radical (unpaired) electrons. The Bertz CT molecular complexity index is 326. The standard InChI is InChI=1S/C7H12N3O3P/c1-6(3-5-14(11,12)13)7-2-4-8-10-9-7/h2,4,6H,3,5H2,1H3,(H2,11,12,13). The molecule has 0 aliphatic heterocycles. The van der Waals surface area contributed by atoms with Crippen molar-refractivity contribution in [1.29, 1.82) is 0 Å². The molecule has 14 heavy (non-hydrogen) atoms. The molecule has 1 unspecified atom stereocenters. The number of rotatable bonds is 4. The third-order valence-electron chi connectivity index (χ3n) is 1.88. The maximum Gasteiger partial charge on any atom is 0.325 e. The summed E-state index contributed by atoms with van der Waals surface area (Å²) in [6.45, 7) is 1.85. The first kappa shape index (κ1) is 11.2. The lowest BCUT2D eigenvalue weighted by Gasteiger charge is -2.09. The highest BCUT2D eigenvalue weighted by Crippen LogP contribution is 2.37. The van der Waals surface area contributed by atoms with E-state index in [-0.39, 0.29) is 12.1 Å². The molecule has 1 rings (SSSR count).